The second kappa shape index (κ2) is 5.21. The van der Waals surface area contributed by atoms with Crippen LogP contribution in [0.25, 0.3) is 0 Å². The maximum absolute atomic E-state index is 5.78. The maximum Gasteiger partial charge on any atom is 0.120 e. The van der Waals surface area contributed by atoms with Crippen LogP contribution in [-0.2, 0) is 0 Å². The molecule has 1 aromatic carbocycles. The predicted octanol–water partition coefficient (Wildman–Crippen LogP) is 2.48. The highest BCUT2D eigenvalue weighted by molar-refractivity contribution is 5.49. The number of benzene rings is 1. The standard InChI is InChI=1S/C13H22N2O/c1-13(2,3)12(9-14)15-10-6-5-7-11(8-10)16-4/h5-8,12,15H,9,14H2,1-4H3/t12-/m0/s1. The van der Waals surface area contributed by atoms with Crippen LogP contribution in [0.1, 0.15) is 20.8 Å². The highest BCUT2D eigenvalue weighted by Crippen LogP contribution is 2.24. The molecule has 0 aliphatic carbocycles. The van der Waals surface area contributed by atoms with Crippen LogP contribution in [0, 0.1) is 5.41 Å². The van der Waals surface area contributed by atoms with E-state index >= 15 is 0 Å². The smallest absolute Gasteiger partial charge is 0.120 e. The minimum atomic E-state index is 0.137. The van der Waals surface area contributed by atoms with Gasteiger partial charge in [-0.25, -0.2) is 0 Å². The van der Waals surface area contributed by atoms with Crippen LogP contribution in [0.15, 0.2) is 24.3 Å². The summed E-state index contributed by atoms with van der Waals surface area (Å²) in [5, 5.41) is 3.44. The van der Waals surface area contributed by atoms with Gasteiger partial charge in [-0.3, -0.25) is 0 Å². The van der Waals surface area contributed by atoms with Gasteiger partial charge >= 0.3 is 0 Å². The average molecular weight is 222 g/mol. The molecule has 1 aromatic rings. The summed E-state index contributed by atoms with van der Waals surface area (Å²) in [6.07, 6.45) is 0. The number of nitrogens with two attached hydrogens (primary N) is 1. The molecule has 0 fully saturated rings. The van der Waals surface area contributed by atoms with Crippen LogP contribution in [0.4, 0.5) is 5.69 Å². The fourth-order valence-corrected chi connectivity index (χ4v) is 1.54. The first-order chi connectivity index (χ1) is 7.47. The van der Waals surface area contributed by atoms with Gasteiger partial charge in [-0.1, -0.05) is 26.8 Å². The summed E-state index contributed by atoms with van der Waals surface area (Å²) >= 11 is 0. The first-order valence-corrected chi connectivity index (χ1v) is 5.58. The summed E-state index contributed by atoms with van der Waals surface area (Å²) < 4.78 is 5.18. The number of anilines is 1. The van der Waals surface area contributed by atoms with Gasteiger partial charge in [0.25, 0.3) is 0 Å². The summed E-state index contributed by atoms with van der Waals surface area (Å²) in [5.41, 5.74) is 6.97. The van der Waals surface area contributed by atoms with E-state index in [1.54, 1.807) is 7.11 Å². The lowest BCUT2D eigenvalue weighted by Crippen LogP contribution is -2.40. The molecule has 3 heteroatoms. The van der Waals surface area contributed by atoms with E-state index in [-0.39, 0.29) is 11.5 Å². The van der Waals surface area contributed by atoms with E-state index in [0.717, 1.165) is 11.4 Å². The van der Waals surface area contributed by atoms with Gasteiger partial charge in [0.05, 0.1) is 7.11 Å². The Morgan fingerprint density at radius 1 is 1.38 bits per heavy atom. The number of hydrogen-bond donors (Lipinski definition) is 2. The van der Waals surface area contributed by atoms with Crippen LogP contribution in [-0.4, -0.2) is 19.7 Å². The van der Waals surface area contributed by atoms with Crippen molar-refractivity contribution in [3.8, 4) is 5.75 Å². The van der Waals surface area contributed by atoms with E-state index in [9.17, 15) is 0 Å². The van der Waals surface area contributed by atoms with Crippen molar-refractivity contribution in [2.75, 3.05) is 19.0 Å². The Hall–Kier alpha value is -1.22. The molecule has 90 valence electrons. The largest absolute Gasteiger partial charge is 0.497 e. The minimum Gasteiger partial charge on any atom is -0.497 e. The van der Waals surface area contributed by atoms with Gasteiger partial charge in [0.15, 0.2) is 0 Å². The lowest BCUT2D eigenvalue weighted by molar-refractivity contribution is 0.345. The Labute approximate surface area is 98.0 Å². The van der Waals surface area contributed by atoms with Gasteiger partial charge in [-0.2, -0.15) is 0 Å². The molecule has 16 heavy (non-hydrogen) atoms. The van der Waals surface area contributed by atoms with Crippen molar-refractivity contribution in [3.05, 3.63) is 24.3 Å². The summed E-state index contributed by atoms with van der Waals surface area (Å²) in [4.78, 5) is 0. The first-order valence-electron chi connectivity index (χ1n) is 5.58. The summed E-state index contributed by atoms with van der Waals surface area (Å²) in [6.45, 7) is 7.15. The molecule has 1 rings (SSSR count). The number of rotatable bonds is 4. The lowest BCUT2D eigenvalue weighted by Gasteiger charge is -2.31. The molecule has 1 atom stereocenters. The van der Waals surface area contributed by atoms with Gasteiger partial charge in [-0.15, -0.1) is 0 Å². The molecule has 0 saturated carbocycles. The monoisotopic (exact) mass is 222 g/mol. The first kappa shape index (κ1) is 12.8. The van der Waals surface area contributed by atoms with Crippen molar-refractivity contribution in [1.29, 1.82) is 0 Å². The Kier molecular flexibility index (Phi) is 4.19. The van der Waals surface area contributed by atoms with Crippen molar-refractivity contribution < 1.29 is 4.74 Å². The van der Waals surface area contributed by atoms with E-state index < -0.39 is 0 Å². The van der Waals surface area contributed by atoms with E-state index in [1.165, 1.54) is 0 Å². The average Bonchev–Trinajstić information content (AvgIpc) is 2.24. The summed E-state index contributed by atoms with van der Waals surface area (Å²) in [7, 11) is 1.67. The van der Waals surface area contributed by atoms with Crippen LogP contribution in [0.3, 0.4) is 0 Å². The lowest BCUT2D eigenvalue weighted by atomic mass is 9.86. The fourth-order valence-electron chi connectivity index (χ4n) is 1.54. The molecule has 0 aliphatic heterocycles. The topological polar surface area (TPSA) is 47.3 Å². The number of nitrogens with one attached hydrogen (secondary N) is 1. The molecule has 0 saturated heterocycles. The summed E-state index contributed by atoms with van der Waals surface area (Å²) in [6, 6.07) is 8.15. The fraction of sp³-hybridized carbons (Fsp3) is 0.538. The molecule has 3 nitrogen and oxygen atoms in total. The molecular formula is C13H22N2O. The maximum atomic E-state index is 5.78. The van der Waals surface area contributed by atoms with Crippen LogP contribution in [0.5, 0.6) is 5.75 Å². The minimum absolute atomic E-state index is 0.137. The van der Waals surface area contributed by atoms with Crippen LogP contribution in [0.2, 0.25) is 0 Å². The Morgan fingerprint density at radius 2 is 2.06 bits per heavy atom. The normalized spacial score (nSPS) is 13.3. The zero-order chi connectivity index (χ0) is 12.2. The molecule has 0 spiro atoms. The second-order valence-corrected chi connectivity index (χ2v) is 5.03. The molecule has 3 N–H and O–H groups in total. The van der Waals surface area contributed by atoms with Gasteiger partial charge < -0.3 is 15.8 Å². The SMILES string of the molecule is COc1cccc(N[C@@H](CN)C(C)(C)C)c1. The number of hydrogen-bond acceptors (Lipinski definition) is 3. The number of ether oxygens (including phenoxy) is 1. The molecule has 0 amide bonds. The van der Waals surface area contributed by atoms with Crippen molar-refractivity contribution in [2.45, 2.75) is 26.8 Å². The Bertz CT molecular complexity index is 331. The van der Waals surface area contributed by atoms with Crippen LogP contribution < -0.4 is 15.8 Å². The molecule has 0 unspecified atom stereocenters. The highest BCUT2D eigenvalue weighted by Gasteiger charge is 2.22. The van der Waals surface area contributed by atoms with E-state index in [2.05, 4.69) is 26.1 Å². The van der Waals surface area contributed by atoms with Crippen molar-refractivity contribution in [1.82, 2.24) is 0 Å². The van der Waals surface area contributed by atoms with Gasteiger partial charge in [0.1, 0.15) is 5.75 Å². The zero-order valence-corrected chi connectivity index (χ0v) is 10.6. The third-order valence-corrected chi connectivity index (χ3v) is 2.69. The molecule has 0 radical (unpaired) electrons. The Morgan fingerprint density at radius 3 is 2.56 bits per heavy atom. The molecule has 0 heterocycles. The van der Waals surface area contributed by atoms with Gasteiger partial charge in [-0.05, 0) is 17.5 Å². The molecule has 0 aliphatic rings. The summed E-state index contributed by atoms with van der Waals surface area (Å²) in [5.74, 6) is 0.856. The van der Waals surface area contributed by atoms with Gasteiger partial charge in [0.2, 0.25) is 0 Å². The highest BCUT2D eigenvalue weighted by atomic mass is 16.5. The van der Waals surface area contributed by atoms with E-state index in [0.29, 0.717) is 6.54 Å². The van der Waals surface area contributed by atoms with Crippen molar-refractivity contribution in [3.63, 3.8) is 0 Å². The van der Waals surface area contributed by atoms with Crippen molar-refractivity contribution >= 4 is 5.69 Å². The zero-order valence-electron chi connectivity index (χ0n) is 10.6. The van der Waals surface area contributed by atoms with Crippen LogP contribution >= 0.6 is 0 Å². The quantitative estimate of drug-likeness (QED) is 0.822. The predicted molar refractivity (Wildman–Crippen MR) is 68.9 cm³/mol. The molecular weight excluding hydrogens is 200 g/mol. The van der Waals surface area contributed by atoms with E-state index in [1.807, 2.05) is 24.3 Å². The van der Waals surface area contributed by atoms with E-state index in [4.69, 9.17) is 10.5 Å². The van der Waals surface area contributed by atoms with Gasteiger partial charge in [0, 0.05) is 24.3 Å². The Balaban J connectivity index is 2.78. The van der Waals surface area contributed by atoms with Crippen molar-refractivity contribution in [2.24, 2.45) is 11.1 Å². The number of methoxy groups -OCH3 is 1. The molecule has 0 aromatic heterocycles. The third-order valence-electron chi connectivity index (χ3n) is 2.69. The molecule has 0 bridgehead atoms. The third kappa shape index (κ3) is 3.42. The second-order valence-electron chi connectivity index (χ2n) is 5.03.